The number of aromatic nitrogens is 2. The maximum absolute atomic E-state index is 13.2. The fraction of sp³-hybridized carbons (Fsp3) is 0.263. The Kier molecular flexibility index (Phi) is 6.59. The summed E-state index contributed by atoms with van der Waals surface area (Å²) in [5, 5.41) is 0. The molecule has 0 saturated heterocycles. The molecule has 7 nitrogen and oxygen atoms in total. The maximum atomic E-state index is 13.2. The summed E-state index contributed by atoms with van der Waals surface area (Å²) >= 11 is 0. The van der Waals surface area contributed by atoms with Crippen molar-refractivity contribution < 1.29 is 28.2 Å². The molecular formula is C19H19FN2O5. The zero-order valence-electron chi connectivity index (χ0n) is 15.2. The van der Waals surface area contributed by atoms with Gasteiger partial charge in [-0.25, -0.2) is 9.18 Å². The van der Waals surface area contributed by atoms with E-state index in [0.29, 0.717) is 0 Å². The van der Waals surface area contributed by atoms with Gasteiger partial charge in [-0.1, -0.05) is 6.58 Å². The van der Waals surface area contributed by atoms with Gasteiger partial charge in [0.05, 0.1) is 26.5 Å². The van der Waals surface area contributed by atoms with Gasteiger partial charge in [0.25, 0.3) is 0 Å². The monoisotopic (exact) mass is 374 g/mol. The number of esters is 1. The van der Waals surface area contributed by atoms with Crippen LogP contribution in [0.5, 0.6) is 11.9 Å². The van der Waals surface area contributed by atoms with Gasteiger partial charge in [-0.3, -0.25) is 4.79 Å². The van der Waals surface area contributed by atoms with Gasteiger partial charge < -0.3 is 14.2 Å². The Morgan fingerprint density at radius 3 is 2.33 bits per heavy atom. The summed E-state index contributed by atoms with van der Waals surface area (Å²) in [6.45, 7) is 5.55. The molecule has 0 aliphatic carbocycles. The normalized spacial score (nSPS) is 10.2. The van der Waals surface area contributed by atoms with Crippen LogP contribution in [0.3, 0.4) is 0 Å². The number of carbonyl (C=O) groups excluding carboxylic acids is 2. The minimum atomic E-state index is -0.603. The summed E-state index contributed by atoms with van der Waals surface area (Å²) in [5.74, 6) is -1.58. The molecule has 0 aliphatic rings. The Morgan fingerprint density at radius 2 is 1.78 bits per heavy atom. The number of methoxy groups -OCH3 is 2. The van der Waals surface area contributed by atoms with Crippen molar-refractivity contribution in [1.29, 1.82) is 0 Å². The van der Waals surface area contributed by atoms with Crippen molar-refractivity contribution in [3.63, 3.8) is 0 Å². The topological polar surface area (TPSA) is 87.6 Å². The van der Waals surface area contributed by atoms with Crippen molar-refractivity contribution in [1.82, 2.24) is 9.97 Å². The first-order chi connectivity index (χ1) is 12.9. The van der Waals surface area contributed by atoms with Crippen LogP contribution < -0.4 is 9.47 Å². The van der Waals surface area contributed by atoms with Crippen LogP contribution in [0.4, 0.5) is 4.39 Å². The molecule has 142 valence electrons. The molecule has 2 aromatic rings. The van der Waals surface area contributed by atoms with Crippen molar-refractivity contribution in [3.05, 3.63) is 59.1 Å². The predicted molar refractivity (Wildman–Crippen MR) is 94.4 cm³/mol. The highest BCUT2D eigenvalue weighted by molar-refractivity contribution is 6.11. The van der Waals surface area contributed by atoms with Gasteiger partial charge in [-0.15, -0.1) is 0 Å². The largest absolute Gasteiger partial charge is 0.480 e. The van der Waals surface area contributed by atoms with Gasteiger partial charge in [0.15, 0.2) is 5.78 Å². The molecule has 2 rings (SSSR count). The zero-order valence-corrected chi connectivity index (χ0v) is 15.2. The van der Waals surface area contributed by atoms with Crippen LogP contribution in [0.2, 0.25) is 0 Å². The molecule has 27 heavy (non-hydrogen) atoms. The second kappa shape index (κ2) is 8.88. The van der Waals surface area contributed by atoms with Gasteiger partial charge in [0.2, 0.25) is 5.88 Å². The molecule has 0 bridgehead atoms. The van der Waals surface area contributed by atoms with Gasteiger partial charge >= 0.3 is 12.0 Å². The summed E-state index contributed by atoms with van der Waals surface area (Å²) in [6.07, 6.45) is -0.0731. The third-order valence-electron chi connectivity index (χ3n) is 3.58. The highest BCUT2D eigenvalue weighted by Gasteiger charge is 2.25. The molecule has 0 radical (unpaired) electrons. The highest BCUT2D eigenvalue weighted by atomic mass is 19.1. The molecule has 0 fully saturated rings. The minimum Gasteiger partial charge on any atom is -0.480 e. The summed E-state index contributed by atoms with van der Waals surface area (Å²) < 4.78 is 28.3. The van der Waals surface area contributed by atoms with Gasteiger partial charge in [-0.05, 0) is 31.2 Å². The van der Waals surface area contributed by atoms with E-state index in [1.807, 2.05) is 0 Å². The average molecular weight is 374 g/mol. The summed E-state index contributed by atoms with van der Waals surface area (Å²) in [5.41, 5.74) is 0.542. The van der Waals surface area contributed by atoms with E-state index in [-0.39, 0.29) is 47.3 Å². The molecule has 0 saturated carbocycles. The second-order valence-corrected chi connectivity index (χ2v) is 5.38. The molecule has 1 heterocycles. The van der Waals surface area contributed by atoms with Crippen LogP contribution in [-0.2, 0) is 16.0 Å². The Balaban J connectivity index is 2.53. The molecule has 0 amide bonds. The van der Waals surface area contributed by atoms with Gasteiger partial charge in [0.1, 0.15) is 11.4 Å². The molecule has 8 heteroatoms. The number of halogens is 1. The minimum absolute atomic E-state index is 0.0252. The van der Waals surface area contributed by atoms with E-state index in [9.17, 15) is 14.0 Å². The number of rotatable bonds is 8. The molecule has 0 aliphatic heterocycles. The van der Waals surface area contributed by atoms with Crippen LogP contribution in [0, 0.1) is 5.82 Å². The number of benzene rings is 1. The first-order valence-electron chi connectivity index (χ1n) is 8.05. The molecule has 0 unspecified atom stereocenters. The van der Waals surface area contributed by atoms with E-state index in [4.69, 9.17) is 14.2 Å². The Bertz CT molecular complexity index is 865. The first kappa shape index (κ1) is 20.0. The lowest BCUT2D eigenvalue weighted by Gasteiger charge is -2.14. The third-order valence-corrected chi connectivity index (χ3v) is 3.58. The quantitative estimate of drug-likeness (QED) is 0.399. The summed E-state index contributed by atoms with van der Waals surface area (Å²) in [4.78, 5) is 33.1. The van der Waals surface area contributed by atoms with E-state index >= 15 is 0 Å². The molecule has 0 atom stereocenters. The fourth-order valence-electron chi connectivity index (χ4n) is 2.31. The van der Waals surface area contributed by atoms with E-state index in [0.717, 1.165) is 0 Å². The van der Waals surface area contributed by atoms with Crippen molar-refractivity contribution in [3.8, 4) is 11.9 Å². The molecular weight excluding hydrogens is 355 g/mol. The number of hydrogen-bond acceptors (Lipinski definition) is 7. The van der Waals surface area contributed by atoms with Crippen LogP contribution in [0.25, 0.3) is 0 Å². The van der Waals surface area contributed by atoms with Crippen molar-refractivity contribution in [2.75, 3.05) is 20.8 Å². The third kappa shape index (κ3) is 4.66. The fourth-order valence-corrected chi connectivity index (χ4v) is 2.31. The van der Waals surface area contributed by atoms with Gasteiger partial charge in [0, 0.05) is 17.6 Å². The maximum Gasteiger partial charge on any atom is 0.333 e. The Hall–Kier alpha value is -3.29. The van der Waals surface area contributed by atoms with E-state index in [1.165, 1.54) is 38.5 Å². The van der Waals surface area contributed by atoms with Gasteiger partial charge in [-0.2, -0.15) is 9.97 Å². The lowest BCUT2D eigenvalue weighted by molar-refractivity contribution is -0.138. The van der Waals surface area contributed by atoms with E-state index in [1.54, 1.807) is 6.92 Å². The number of nitrogens with zero attached hydrogens (tertiary/aromatic N) is 2. The molecule has 1 aromatic carbocycles. The summed E-state index contributed by atoms with van der Waals surface area (Å²) in [6, 6.07) is 4.98. The van der Waals surface area contributed by atoms with Crippen LogP contribution in [0.1, 0.15) is 28.5 Å². The summed E-state index contributed by atoms with van der Waals surface area (Å²) in [7, 11) is 2.70. The molecule has 1 aromatic heterocycles. The molecule has 0 N–H and O–H groups in total. The van der Waals surface area contributed by atoms with E-state index < -0.39 is 17.6 Å². The highest BCUT2D eigenvalue weighted by Crippen LogP contribution is 2.27. The number of hydrogen-bond donors (Lipinski definition) is 0. The lowest BCUT2D eigenvalue weighted by Crippen LogP contribution is -2.16. The number of ketones is 1. The van der Waals surface area contributed by atoms with Crippen LogP contribution in [-0.4, -0.2) is 42.5 Å². The standard InChI is InChI=1S/C19H19FN2O5/c1-5-27-18(24)11(2)10-14-15(17(25-3)22-19(21-14)26-4)16(23)12-6-8-13(20)9-7-12/h6-9H,2,5,10H2,1,3-4H3. The van der Waals surface area contributed by atoms with Crippen LogP contribution in [0.15, 0.2) is 36.4 Å². The first-order valence-corrected chi connectivity index (χ1v) is 8.05. The average Bonchev–Trinajstić information content (AvgIpc) is 2.67. The number of ether oxygens (including phenoxy) is 3. The zero-order chi connectivity index (χ0) is 20.0. The van der Waals surface area contributed by atoms with E-state index in [2.05, 4.69) is 16.5 Å². The Labute approximate surface area is 155 Å². The SMILES string of the molecule is C=C(Cc1nc(OC)nc(OC)c1C(=O)c1ccc(F)cc1)C(=O)OCC. The second-order valence-electron chi connectivity index (χ2n) is 5.38. The van der Waals surface area contributed by atoms with Crippen molar-refractivity contribution >= 4 is 11.8 Å². The van der Waals surface area contributed by atoms with Crippen LogP contribution >= 0.6 is 0 Å². The van der Waals surface area contributed by atoms with Crippen molar-refractivity contribution in [2.24, 2.45) is 0 Å². The predicted octanol–water partition coefficient (Wildman–Crippen LogP) is 2.53. The smallest absolute Gasteiger partial charge is 0.333 e. The number of carbonyl (C=O) groups is 2. The Morgan fingerprint density at radius 1 is 1.11 bits per heavy atom. The lowest BCUT2D eigenvalue weighted by atomic mass is 9.99. The van der Waals surface area contributed by atoms with Crippen molar-refractivity contribution in [2.45, 2.75) is 13.3 Å². The molecule has 0 spiro atoms.